The average Bonchev–Trinajstić information content (AvgIpc) is 2.86. The zero-order valence-corrected chi connectivity index (χ0v) is 16.7. The molecule has 0 fully saturated rings. The molecular formula is C18H25Cl2NTi-2. The molecule has 0 aromatic heterocycles. The Morgan fingerprint density at radius 1 is 1.18 bits per heavy atom. The van der Waals surface area contributed by atoms with Gasteiger partial charge < -0.3 is 30.5 Å². The third-order valence-corrected chi connectivity index (χ3v) is 3.29. The van der Waals surface area contributed by atoms with Crippen LogP contribution < -0.4 is 24.8 Å². The Hall–Kier alpha value is -0.176. The van der Waals surface area contributed by atoms with Gasteiger partial charge in [-0.3, -0.25) is 0 Å². The quantitative estimate of drug-likeness (QED) is 0.517. The molecule has 22 heavy (non-hydrogen) atoms. The number of benzene rings is 1. The zero-order valence-electron chi connectivity index (χ0n) is 13.6. The molecule has 0 atom stereocenters. The largest absolute Gasteiger partial charge is 2.00 e. The molecule has 0 spiro atoms. The minimum Gasteiger partial charge on any atom is -1.00 e. The number of hydrogen-bond donors (Lipinski definition) is 0. The van der Waals surface area contributed by atoms with Crippen LogP contribution in [0.25, 0.3) is 11.3 Å². The van der Waals surface area contributed by atoms with Gasteiger partial charge in [0.15, 0.2) is 0 Å². The molecule has 1 aromatic rings. The standard InChI is InChI=1S/C14H15.C4H10N.2ClH.Ti/c1-3-12-8-4-5-9-14(12)13-10-6-7-11(13)2;1-2-3-4-5;;;/h3-9H,10H2,1-2H3;5H,2-4H2,1H3;2*1H;/q2*-1;;;+2/p-2. The number of rotatable bonds is 4. The van der Waals surface area contributed by atoms with Crippen molar-refractivity contribution in [1.82, 2.24) is 0 Å². The van der Waals surface area contributed by atoms with Crippen molar-refractivity contribution >= 4 is 5.57 Å². The fourth-order valence-electron chi connectivity index (χ4n) is 2.14. The molecule has 0 saturated heterocycles. The Labute approximate surface area is 163 Å². The summed E-state index contributed by atoms with van der Waals surface area (Å²) >= 11 is 0. The predicted octanol–water partition coefficient (Wildman–Crippen LogP) is -0.164. The summed E-state index contributed by atoms with van der Waals surface area (Å²) in [7, 11) is 0. The van der Waals surface area contributed by atoms with E-state index in [1.165, 1.54) is 22.3 Å². The number of allylic oxidation sites excluding steroid dienone is 4. The molecule has 0 heterocycles. The summed E-state index contributed by atoms with van der Waals surface area (Å²) in [6.07, 6.45) is 9.91. The molecule has 1 nitrogen and oxygen atoms in total. The Morgan fingerprint density at radius 2 is 1.82 bits per heavy atom. The maximum absolute atomic E-state index is 6.60. The van der Waals surface area contributed by atoms with Gasteiger partial charge in [0, 0.05) is 0 Å². The van der Waals surface area contributed by atoms with Crippen molar-refractivity contribution in [3.05, 3.63) is 65.3 Å². The SMILES string of the molecule is CCCC[NH-].C[CH-]c1ccccc1C1=C(C)C=CC1.[Cl-].[Cl-].[Ti+2]. The molecule has 0 radical (unpaired) electrons. The molecule has 0 amide bonds. The van der Waals surface area contributed by atoms with Crippen LogP contribution in [0.5, 0.6) is 0 Å². The minimum absolute atomic E-state index is 0. The molecule has 0 aliphatic heterocycles. The van der Waals surface area contributed by atoms with Crippen molar-refractivity contribution in [2.75, 3.05) is 6.54 Å². The summed E-state index contributed by atoms with van der Waals surface area (Å²) in [5, 5.41) is 0. The van der Waals surface area contributed by atoms with Gasteiger partial charge in [-0.25, -0.2) is 0 Å². The molecule has 1 aliphatic rings. The van der Waals surface area contributed by atoms with Crippen molar-refractivity contribution in [1.29, 1.82) is 0 Å². The maximum Gasteiger partial charge on any atom is 2.00 e. The predicted molar refractivity (Wildman–Crippen MR) is 86.0 cm³/mol. The van der Waals surface area contributed by atoms with E-state index < -0.39 is 0 Å². The van der Waals surface area contributed by atoms with Crippen LogP contribution >= 0.6 is 0 Å². The van der Waals surface area contributed by atoms with Gasteiger partial charge in [0.2, 0.25) is 0 Å². The molecule has 122 valence electrons. The smallest absolute Gasteiger partial charge is 1.00 e. The summed E-state index contributed by atoms with van der Waals surface area (Å²) in [4.78, 5) is 0. The second-order valence-electron chi connectivity index (χ2n) is 4.75. The van der Waals surface area contributed by atoms with Gasteiger partial charge in [-0.2, -0.15) is 24.6 Å². The average molecular weight is 374 g/mol. The van der Waals surface area contributed by atoms with Crippen LogP contribution in [0.3, 0.4) is 0 Å². The first-order valence-electron chi connectivity index (χ1n) is 7.14. The third kappa shape index (κ3) is 8.46. The van der Waals surface area contributed by atoms with Crippen LogP contribution in [0.4, 0.5) is 0 Å². The van der Waals surface area contributed by atoms with Crippen LogP contribution in [0.2, 0.25) is 0 Å². The van der Waals surface area contributed by atoms with Gasteiger partial charge >= 0.3 is 21.7 Å². The van der Waals surface area contributed by atoms with Crippen LogP contribution in [0.15, 0.2) is 42.0 Å². The number of hydrogen-bond acceptors (Lipinski definition) is 0. The monoisotopic (exact) mass is 373 g/mol. The maximum atomic E-state index is 6.60. The van der Waals surface area contributed by atoms with Gasteiger partial charge in [0.25, 0.3) is 0 Å². The van der Waals surface area contributed by atoms with Crippen molar-refractivity contribution in [3.8, 4) is 0 Å². The Balaban J connectivity index is -0.000000401. The van der Waals surface area contributed by atoms with Gasteiger partial charge in [-0.1, -0.05) is 56.1 Å². The van der Waals surface area contributed by atoms with Gasteiger partial charge in [-0.05, 0) is 13.3 Å². The molecule has 0 unspecified atom stereocenters. The molecular weight excluding hydrogens is 349 g/mol. The summed E-state index contributed by atoms with van der Waals surface area (Å²) in [6.45, 7) is 6.97. The van der Waals surface area contributed by atoms with Crippen LogP contribution in [-0.4, -0.2) is 6.54 Å². The van der Waals surface area contributed by atoms with Crippen molar-refractivity contribution in [3.63, 3.8) is 0 Å². The van der Waals surface area contributed by atoms with E-state index in [9.17, 15) is 0 Å². The molecule has 1 aromatic carbocycles. The first-order valence-corrected chi connectivity index (χ1v) is 7.14. The summed E-state index contributed by atoms with van der Waals surface area (Å²) in [5.74, 6) is 0. The molecule has 0 bridgehead atoms. The van der Waals surface area contributed by atoms with E-state index in [1.54, 1.807) is 0 Å². The first-order chi connectivity index (χ1) is 9.24. The van der Waals surface area contributed by atoms with Crippen LogP contribution in [0, 0.1) is 6.42 Å². The second kappa shape index (κ2) is 15.7. The minimum atomic E-state index is 0. The first kappa shape index (κ1) is 26.7. The van der Waals surface area contributed by atoms with E-state index in [1.807, 2.05) is 0 Å². The van der Waals surface area contributed by atoms with E-state index in [4.69, 9.17) is 5.73 Å². The number of halogens is 2. The van der Waals surface area contributed by atoms with Crippen molar-refractivity contribution < 1.29 is 46.5 Å². The van der Waals surface area contributed by atoms with Crippen molar-refractivity contribution in [2.45, 2.75) is 40.0 Å². The van der Waals surface area contributed by atoms with Crippen molar-refractivity contribution in [2.24, 2.45) is 0 Å². The molecule has 1 N–H and O–H groups in total. The third-order valence-electron chi connectivity index (χ3n) is 3.29. The van der Waals surface area contributed by atoms with Gasteiger partial charge in [-0.15, -0.1) is 17.7 Å². The van der Waals surface area contributed by atoms with E-state index >= 15 is 0 Å². The van der Waals surface area contributed by atoms with E-state index in [-0.39, 0.29) is 46.5 Å². The molecule has 2 rings (SSSR count). The molecule has 4 heteroatoms. The van der Waals surface area contributed by atoms with Crippen LogP contribution in [0.1, 0.15) is 51.2 Å². The zero-order chi connectivity index (χ0) is 14.1. The fraction of sp³-hybridized carbons (Fsp3) is 0.389. The normalized spacial score (nSPS) is 11.5. The van der Waals surface area contributed by atoms with Gasteiger partial charge in [0.1, 0.15) is 0 Å². The number of unbranched alkanes of at least 4 members (excludes halogenated alkanes) is 1. The van der Waals surface area contributed by atoms with Crippen LogP contribution in [-0.2, 0) is 21.7 Å². The topological polar surface area (TPSA) is 23.8 Å². The van der Waals surface area contributed by atoms with E-state index in [2.05, 4.69) is 63.6 Å². The Bertz CT molecular complexity index is 454. The van der Waals surface area contributed by atoms with E-state index in [0.717, 1.165) is 19.3 Å². The van der Waals surface area contributed by atoms with Gasteiger partial charge in [0.05, 0.1) is 0 Å². The fourth-order valence-corrected chi connectivity index (χ4v) is 2.14. The number of nitrogens with one attached hydrogen (secondary N) is 1. The summed E-state index contributed by atoms with van der Waals surface area (Å²) in [5.41, 5.74) is 12.2. The summed E-state index contributed by atoms with van der Waals surface area (Å²) in [6, 6.07) is 8.59. The molecule has 0 saturated carbocycles. The summed E-state index contributed by atoms with van der Waals surface area (Å²) < 4.78 is 0. The Morgan fingerprint density at radius 3 is 2.23 bits per heavy atom. The van der Waals surface area contributed by atoms with E-state index in [0.29, 0.717) is 6.54 Å². The molecule has 1 aliphatic carbocycles. The Kier molecular flexibility index (Phi) is 19.1. The second-order valence-corrected chi connectivity index (χ2v) is 4.75.